The fourth-order valence-electron chi connectivity index (χ4n) is 2.07. The van der Waals surface area contributed by atoms with Gasteiger partial charge in [0, 0.05) is 7.11 Å². The Morgan fingerprint density at radius 2 is 1.82 bits per heavy atom. The van der Waals surface area contributed by atoms with Crippen molar-refractivity contribution in [3.05, 3.63) is 35.1 Å². The van der Waals surface area contributed by atoms with E-state index in [4.69, 9.17) is 4.74 Å². The maximum Gasteiger partial charge on any atom is 0.123 e. The molecule has 96 valence electrons. The Morgan fingerprint density at radius 3 is 2.24 bits per heavy atom. The molecule has 17 heavy (non-hydrogen) atoms. The lowest BCUT2D eigenvalue weighted by Gasteiger charge is -2.33. The second kappa shape index (κ2) is 5.15. The number of methoxy groups -OCH3 is 1. The summed E-state index contributed by atoms with van der Waals surface area (Å²) in [5, 5.41) is 10.3. The van der Waals surface area contributed by atoms with Gasteiger partial charge >= 0.3 is 0 Å². The molecule has 1 rings (SSSR count). The number of aryl methyl sites for hydroxylation is 1. The number of aliphatic hydroxyl groups is 1. The monoisotopic (exact) mass is 240 g/mol. The third-order valence-electron chi connectivity index (χ3n) is 2.80. The van der Waals surface area contributed by atoms with Crippen molar-refractivity contribution in [1.29, 1.82) is 0 Å². The van der Waals surface area contributed by atoms with Crippen molar-refractivity contribution in [2.75, 3.05) is 7.11 Å². The van der Waals surface area contributed by atoms with Crippen LogP contribution in [0, 0.1) is 18.2 Å². The summed E-state index contributed by atoms with van der Waals surface area (Å²) in [6.07, 6.45) is -1.20. The molecule has 0 aliphatic rings. The van der Waals surface area contributed by atoms with E-state index in [9.17, 15) is 9.50 Å². The Labute approximate surface area is 102 Å². The number of benzene rings is 1. The van der Waals surface area contributed by atoms with Crippen LogP contribution >= 0.6 is 0 Å². The zero-order valence-corrected chi connectivity index (χ0v) is 11.1. The molecule has 0 aliphatic carbocycles. The minimum Gasteiger partial charge on any atom is -0.386 e. The number of hydrogen-bond acceptors (Lipinski definition) is 2. The lowest BCUT2D eigenvalue weighted by Crippen LogP contribution is -2.34. The number of ether oxygens (including phenoxy) is 1. The molecule has 1 N–H and O–H groups in total. The van der Waals surface area contributed by atoms with Crippen molar-refractivity contribution in [3.8, 4) is 0 Å². The van der Waals surface area contributed by atoms with E-state index in [1.165, 1.54) is 12.1 Å². The molecule has 1 aromatic rings. The van der Waals surface area contributed by atoms with Gasteiger partial charge in [0.05, 0.1) is 6.10 Å². The molecule has 0 heterocycles. The van der Waals surface area contributed by atoms with Crippen molar-refractivity contribution in [1.82, 2.24) is 0 Å². The van der Waals surface area contributed by atoms with E-state index in [1.54, 1.807) is 20.1 Å². The van der Waals surface area contributed by atoms with Crippen LogP contribution in [0.25, 0.3) is 0 Å². The van der Waals surface area contributed by atoms with Crippen molar-refractivity contribution >= 4 is 0 Å². The standard InChI is InChI=1S/C14H21FO2/c1-9-6-10(8-11(15)7-9)12(16)13(17-5)14(2,3)4/h6-8,12-13,16H,1-5H3. The molecule has 0 aliphatic heterocycles. The van der Waals surface area contributed by atoms with Gasteiger partial charge in [0.1, 0.15) is 11.9 Å². The van der Waals surface area contributed by atoms with Crippen LogP contribution in [-0.4, -0.2) is 18.3 Å². The topological polar surface area (TPSA) is 29.5 Å². The van der Waals surface area contributed by atoms with Crippen LogP contribution in [0.15, 0.2) is 18.2 Å². The van der Waals surface area contributed by atoms with Crippen molar-refractivity contribution in [3.63, 3.8) is 0 Å². The third kappa shape index (κ3) is 3.51. The van der Waals surface area contributed by atoms with Crippen molar-refractivity contribution in [2.24, 2.45) is 5.41 Å². The van der Waals surface area contributed by atoms with Crippen LogP contribution in [0.2, 0.25) is 0 Å². The highest BCUT2D eigenvalue weighted by Gasteiger charge is 2.32. The Bertz CT molecular complexity index is 362. The fourth-order valence-corrected chi connectivity index (χ4v) is 2.07. The Kier molecular flexibility index (Phi) is 4.28. The van der Waals surface area contributed by atoms with E-state index in [1.807, 2.05) is 20.8 Å². The van der Waals surface area contributed by atoms with E-state index in [-0.39, 0.29) is 17.3 Å². The van der Waals surface area contributed by atoms with Gasteiger partial charge in [-0.05, 0) is 35.6 Å². The van der Waals surface area contributed by atoms with Gasteiger partial charge in [-0.2, -0.15) is 0 Å². The maximum atomic E-state index is 13.3. The van der Waals surface area contributed by atoms with Gasteiger partial charge in [-0.3, -0.25) is 0 Å². The maximum absolute atomic E-state index is 13.3. The highest BCUT2D eigenvalue weighted by atomic mass is 19.1. The van der Waals surface area contributed by atoms with Crippen LogP contribution in [-0.2, 0) is 4.74 Å². The number of rotatable bonds is 3. The summed E-state index contributed by atoms with van der Waals surface area (Å²) in [6, 6.07) is 4.58. The van der Waals surface area contributed by atoms with Crippen LogP contribution in [0.4, 0.5) is 4.39 Å². The van der Waals surface area contributed by atoms with Gasteiger partial charge < -0.3 is 9.84 Å². The average molecular weight is 240 g/mol. The molecule has 0 saturated heterocycles. The molecule has 0 bridgehead atoms. The summed E-state index contributed by atoms with van der Waals surface area (Å²) in [6.45, 7) is 7.75. The smallest absolute Gasteiger partial charge is 0.123 e. The van der Waals surface area contributed by atoms with E-state index >= 15 is 0 Å². The van der Waals surface area contributed by atoms with Crippen LogP contribution in [0.3, 0.4) is 0 Å². The molecule has 0 amide bonds. The minimum absolute atomic E-state index is 0.214. The summed E-state index contributed by atoms with van der Waals surface area (Å²) in [7, 11) is 1.56. The minimum atomic E-state index is -0.825. The van der Waals surface area contributed by atoms with E-state index in [0.29, 0.717) is 5.56 Å². The number of hydrogen-bond donors (Lipinski definition) is 1. The van der Waals surface area contributed by atoms with Gasteiger partial charge in [0.15, 0.2) is 0 Å². The van der Waals surface area contributed by atoms with Gasteiger partial charge in [-0.1, -0.05) is 26.8 Å². The van der Waals surface area contributed by atoms with Gasteiger partial charge in [0.25, 0.3) is 0 Å². The van der Waals surface area contributed by atoms with Crippen molar-refractivity contribution < 1.29 is 14.2 Å². The molecule has 0 radical (unpaired) electrons. The van der Waals surface area contributed by atoms with Gasteiger partial charge in [-0.15, -0.1) is 0 Å². The number of halogens is 1. The second-order valence-corrected chi connectivity index (χ2v) is 5.53. The summed E-state index contributed by atoms with van der Waals surface area (Å²) < 4.78 is 18.6. The quantitative estimate of drug-likeness (QED) is 0.879. The van der Waals surface area contributed by atoms with Gasteiger partial charge in [0.2, 0.25) is 0 Å². The highest BCUT2D eigenvalue weighted by molar-refractivity contribution is 5.26. The zero-order chi connectivity index (χ0) is 13.2. The largest absolute Gasteiger partial charge is 0.386 e. The van der Waals surface area contributed by atoms with E-state index < -0.39 is 6.10 Å². The molecule has 3 heteroatoms. The van der Waals surface area contributed by atoms with E-state index in [0.717, 1.165) is 5.56 Å². The summed E-state index contributed by atoms with van der Waals surface area (Å²) in [5.41, 5.74) is 1.14. The summed E-state index contributed by atoms with van der Waals surface area (Å²) in [5.74, 6) is -0.331. The first kappa shape index (κ1) is 14.1. The molecule has 2 atom stereocenters. The first-order valence-electron chi connectivity index (χ1n) is 5.73. The Balaban J connectivity index is 3.06. The van der Waals surface area contributed by atoms with E-state index in [2.05, 4.69) is 0 Å². The van der Waals surface area contributed by atoms with Crippen LogP contribution < -0.4 is 0 Å². The molecule has 0 spiro atoms. The molecule has 0 saturated carbocycles. The molecule has 0 aromatic heterocycles. The lowest BCUT2D eigenvalue weighted by atomic mass is 9.83. The molecule has 2 nitrogen and oxygen atoms in total. The third-order valence-corrected chi connectivity index (χ3v) is 2.80. The van der Waals surface area contributed by atoms with Crippen LogP contribution in [0.5, 0.6) is 0 Å². The molecular formula is C14H21FO2. The van der Waals surface area contributed by atoms with Crippen molar-refractivity contribution in [2.45, 2.75) is 39.9 Å². The first-order chi connectivity index (χ1) is 7.75. The molecule has 1 aromatic carbocycles. The first-order valence-corrected chi connectivity index (χ1v) is 5.73. The fraction of sp³-hybridized carbons (Fsp3) is 0.571. The SMILES string of the molecule is COC(C(O)c1cc(C)cc(F)c1)C(C)(C)C. The molecule has 0 fully saturated rings. The second-order valence-electron chi connectivity index (χ2n) is 5.53. The summed E-state index contributed by atoms with van der Waals surface area (Å²) >= 11 is 0. The Hall–Kier alpha value is -0.930. The Morgan fingerprint density at radius 1 is 1.24 bits per heavy atom. The lowest BCUT2D eigenvalue weighted by molar-refractivity contribution is -0.0725. The highest BCUT2D eigenvalue weighted by Crippen LogP contribution is 2.32. The molecule has 2 unspecified atom stereocenters. The van der Waals surface area contributed by atoms with Crippen LogP contribution in [0.1, 0.15) is 38.0 Å². The summed E-state index contributed by atoms with van der Waals surface area (Å²) in [4.78, 5) is 0. The van der Waals surface area contributed by atoms with Gasteiger partial charge in [-0.25, -0.2) is 4.39 Å². The zero-order valence-electron chi connectivity index (χ0n) is 11.1. The average Bonchev–Trinajstić information content (AvgIpc) is 2.14. The predicted molar refractivity (Wildman–Crippen MR) is 66.3 cm³/mol. The molecular weight excluding hydrogens is 219 g/mol. The predicted octanol–water partition coefficient (Wildman–Crippen LogP) is 3.23. The number of aliphatic hydroxyl groups excluding tert-OH is 1. The normalized spacial score (nSPS) is 15.7.